The summed E-state index contributed by atoms with van der Waals surface area (Å²) in [5.74, 6) is -0.471. The van der Waals surface area contributed by atoms with Crippen molar-refractivity contribution in [3.8, 4) is 17.2 Å². The first-order valence-corrected chi connectivity index (χ1v) is 10.5. The second kappa shape index (κ2) is 9.22. The minimum atomic E-state index is -4.15. The van der Waals surface area contributed by atoms with Crippen molar-refractivity contribution in [3.63, 3.8) is 0 Å². The van der Waals surface area contributed by atoms with Gasteiger partial charge < -0.3 is 14.9 Å². The Morgan fingerprint density at radius 1 is 1.06 bits per heavy atom. The number of aromatic hydroxyl groups is 2. The molecule has 3 rings (SSSR count). The highest BCUT2D eigenvalue weighted by Gasteiger charge is 2.22. The van der Waals surface area contributed by atoms with Gasteiger partial charge in [-0.2, -0.15) is 5.10 Å². The molecule has 3 aromatic rings. The largest absolute Gasteiger partial charge is 0.504 e. The summed E-state index contributed by atoms with van der Waals surface area (Å²) in [6, 6.07) is 13.8. The summed E-state index contributed by atoms with van der Waals surface area (Å²) in [4.78, 5) is 10.4. The first-order chi connectivity index (χ1) is 15.2. The summed E-state index contributed by atoms with van der Waals surface area (Å²) in [6.45, 7) is 0. The van der Waals surface area contributed by atoms with Gasteiger partial charge in [-0.05, 0) is 36.4 Å². The standard InChI is InChI=1S/C20H18N4O7S/c1-31-19-8-3-2-6-16(19)23-32(29,30)14-9-10-15(17(11-14)24(27)28)22-21-12-13-5-4-7-18(25)20(13)26/h2-12,22-23,25-26H,1H3/b21-12+. The van der Waals surface area contributed by atoms with Crippen molar-refractivity contribution in [1.29, 1.82) is 0 Å². The van der Waals surface area contributed by atoms with Gasteiger partial charge in [0.25, 0.3) is 15.7 Å². The molecule has 0 amide bonds. The summed E-state index contributed by atoms with van der Waals surface area (Å²) in [5.41, 5.74) is 2.16. The number of phenols is 2. The SMILES string of the molecule is COc1ccccc1NS(=O)(=O)c1ccc(N/N=C/c2cccc(O)c2O)c([N+](=O)[O-])c1. The van der Waals surface area contributed by atoms with Crippen LogP contribution in [0.25, 0.3) is 0 Å². The molecule has 166 valence electrons. The van der Waals surface area contributed by atoms with Crippen molar-refractivity contribution in [2.45, 2.75) is 4.90 Å². The lowest BCUT2D eigenvalue weighted by Gasteiger charge is -2.12. The number of nitro benzene ring substituents is 1. The Balaban J connectivity index is 1.88. The number of hydrogen-bond acceptors (Lipinski definition) is 9. The van der Waals surface area contributed by atoms with Gasteiger partial charge in [-0.15, -0.1) is 0 Å². The molecule has 0 heterocycles. The molecule has 0 aliphatic rings. The van der Waals surface area contributed by atoms with Gasteiger partial charge in [-0.3, -0.25) is 20.3 Å². The number of rotatable bonds is 8. The fraction of sp³-hybridized carbons (Fsp3) is 0.0500. The van der Waals surface area contributed by atoms with E-state index in [2.05, 4.69) is 15.2 Å². The third kappa shape index (κ3) is 4.87. The lowest BCUT2D eigenvalue weighted by molar-refractivity contribution is -0.384. The number of methoxy groups -OCH3 is 1. The Labute approximate surface area is 182 Å². The van der Waals surface area contributed by atoms with Crippen LogP contribution in [0.3, 0.4) is 0 Å². The van der Waals surface area contributed by atoms with Crippen molar-refractivity contribution >= 4 is 33.3 Å². The number of anilines is 2. The first kappa shape index (κ1) is 22.4. The summed E-state index contributed by atoms with van der Waals surface area (Å²) in [7, 11) is -2.77. The number of phenolic OH excluding ortho intramolecular Hbond substituents is 2. The Bertz CT molecular complexity index is 1290. The maximum atomic E-state index is 12.7. The average Bonchev–Trinajstić information content (AvgIpc) is 2.76. The number of nitro groups is 1. The van der Waals surface area contributed by atoms with E-state index in [-0.39, 0.29) is 33.3 Å². The number of benzene rings is 3. The Morgan fingerprint density at radius 2 is 1.81 bits per heavy atom. The van der Waals surface area contributed by atoms with Crippen LogP contribution in [0.4, 0.5) is 17.1 Å². The summed E-state index contributed by atoms with van der Waals surface area (Å²) in [6.07, 6.45) is 1.15. The van der Waals surface area contributed by atoms with Crippen LogP contribution in [0.2, 0.25) is 0 Å². The van der Waals surface area contributed by atoms with E-state index >= 15 is 0 Å². The molecule has 0 saturated carbocycles. The van der Waals surface area contributed by atoms with Gasteiger partial charge in [-0.1, -0.05) is 18.2 Å². The molecule has 11 nitrogen and oxygen atoms in total. The number of sulfonamides is 1. The Hall–Kier alpha value is -4.32. The fourth-order valence-corrected chi connectivity index (χ4v) is 3.77. The van der Waals surface area contributed by atoms with E-state index in [1.807, 2.05) is 0 Å². The fourth-order valence-electron chi connectivity index (χ4n) is 2.68. The van der Waals surface area contributed by atoms with E-state index < -0.39 is 26.4 Å². The van der Waals surface area contributed by atoms with Gasteiger partial charge in [0.15, 0.2) is 11.5 Å². The smallest absolute Gasteiger partial charge is 0.295 e. The normalized spacial score (nSPS) is 11.3. The second-order valence-electron chi connectivity index (χ2n) is 6.33. The zero-order valence-electron chi connectivity index (χ0n) is 16.6. The molecule has 0 aromatic heterocycles. The zero-order valence-corrected chi connectivity index (χ0v) is 17.4. The highest BCUT2D eigenvalue weighted by molar-refractivity contribution is 7.92. The summed E-state index contributed by atoms with van der Waals surface area (Å²) in [5, 5.41) is 34.6. The molecule has 0 atom stereocenters. The Kier molecular flexibility index (Phi) is 6.45. The first-order valence-electron chi connectivity index (χ1n) is 8.97. The van der Waals surface area contributed by atoms with Crippen molar-refractivity contribution in [3.05, 3.63) is 76.3 Å². The lowest BCUT2D eigenvalue weighted by atomic mass is 10.2. The molecule has 0 fully saturated rings. The van der Waals surface area contributed by atoms with Gasteiger partial charge in [-0.25, -0.2) is 8.42 Å². The van der Waals surface area contributed by atoms with Crippen molar-refractivity contribution in [1.82, 2.24) is 0 Å². The van der Waals surface area contributed by atoms with Crippen molar-refractivity contribution in [2.75, 3.05) is 17.3 Å². The van der Waals surface area contributed by atoms with Crippen LogP contribution in [0, 0.1) is 10.1 Å². The highest BCUT2D eigenvalue weighted by Crippen LogP contribution is 2.31. The number of nitrogens with one attached hydrogen (secondary N) is 2. The predicted octanol–water partition coefficient (Wildman–Crippen LogP) is 3.26. The van der Waals surface area contributed by atoms with Crippen LogP contribution in [0.15, 0.2) is 70.7 Å². The van der Waals surface area contributed by atoms with Crippen LogP contribution in [0.1, 0.15) is 5.56 Å². The number of ether oxygens (including phenoxy) is 1. The molecular weight excluding hydrogens is 440 g/mol. The van der Waals surface area contributed by atoms with Gasteiger partial charge in [0.05, 0.1) is 28.8 Å². The predicted molar refractivity (Wildman–Crippen MR) is 118 cm³/mol. The van der Waals surface area contributed by atoms with Crippen LogP contribution in [-0.2, 0) is 10.0 Å². The molecule has 0 aliphatic carbocycles. The summed E-state index contributed by atoms with van der Waals surface area (Å²) >= 11 is 0. The molecule has 0 unspecified atom stereocenters. The number of para-hydroxylation sites is 3. The van der Waals surface area contributed by atoms with Crippen LogP contribution in [-0.4, -0.2) is 36.9 Å². The van der Waals surface area contributed by atoms with Crippen LogP contribution >= 0.6 is 0 Å². The molecule has 0 bridgehead atoms. The minimum Gasteiger partial charge on any atom is -0.504 e. The van der Waals surface area contributed by atoms with E-state index in [0.29, 0.717) is 0 Å². The molecule has 0 saturated heterocycles. The van der Waals surface area contributed by atoms with Crippen molar-refractivity contribution in [2.24, 2.45) is 5.10 Å². The number of hydrogen-bond donors (Lipinski definition) is 4. The number of hydrazone groups is 1. The molecular formula is C20H18N4O7S. The van der Waals surface area contributed by atoms with Gasteiger partial charge in [0.2, 0.25) is 0 Å². The van der Waals surface area contributed by atoms with Gasteiger partial charge in [0, 0.05) is 11.6 Å². The molecule has 4 N–H and O–H groups in total. The van der Waals surface area contributed by atoms with Gasteiger partial charge in [0.1, 0.15) is 11.4 Å². The maximum absolute atomic E-state index is 12.7. The van der Waals surface area contributed by atoms with Gasteiger partial charge >= 0.3 is 0 Å². The van der Waals surface area contributed by atoms with E-state index in [1.54, 1.807) is 18.2 Å². The lowest BCUT2D eigenvalue weighted by Crippen LogP contribution is -2.14. The highest BCUT2D eigenvalue weighted by atomic mass is 32.2. The Morgan fingerprint density at radius 3 is 2.53 bits per heavy atom. The third-order valence-electron chi connectivity index (χ3n) is 4.26. The number of nitrogens with zero attached hydrogens (tertiary/aromatic N) is 2. The molecule has 0 radical (unpaired) electrons. The topological polar surface area (TPSA) is 163 Å². The van der Waals surface area contributed by atoms with Crippen molar-refractivity contribution < 1.29 is 28.3 Å². The third-order valence-corrected chi connectivity index (χ3v) is 5.63. The van der Waals surface area contributed by atoms with Crippen LogP contribution in [0.5, 0.6) is 17.2 Å². The second-order valence-corrected chi connectivity index (χ2v) is 8.01. The zero-order chi connectivity index (χ0) is 23.3. The molecule has 0 spiro atoms. The summed E-state index contributed by atoms with van der Waals surface area (Å²) < 4.78 is 32.9. The van der Waals surface area contributed by atoms with E-state index in [4.69, 9.17) is 4.74 Å². The molecule has 12 heteroatoms. The van der Waals surface area contributed by atoms with E-state index in [1.165, 1.54) is 43.5 Å². The molecule has 0 aliphatic heterocycles. The molecule has 32 heavy (non-hydrogen) atoms. The maximum Gasteiger partial charge on any atom is 0.295 e. The van der Waals surface area contributed by atoms with Crippen LogP contribution < -0.4 is 14.9 Å². The minimum absolute atomic E-state index is 0.0814. The van der Waals surface area contributed by atoms with E-state index in [0.717, 1.165) is 12.3 Å². The average molecular weight is 458 g/mol. The van der Waals surface area contributed by atoms with E-state index in [9.17, 15) is 28.7 Å². The molecule has 3 aromatic carbocycles. The monoisotopic (exact) mass is 458 g/mol. The quantitative estimate of drug-likeness (QED) is 0.173.